The van der Waals surface area contributed by atoms with Crippen molar-refractivity contribution in [3.05, 3.63) is 33.3 Å². The zero-order valence-electron chi connectivity index (χ0n) is 5.07. The molecule has 0 radical (unpaired) electrons. The summed E-state index contributed by atoms with van der Waals surface area (Å²) in [6.45, 7) is 0. The Morgan fingerprint density at radius 1 is 1.40 bits per heavy atom. The fourth-order valence-corrected chi connectivity index (χ4v) is 1.88. The highest BCUT2D eigenvalue weighted by atomic mass is 79.9. The maximum atomic E-state index is 5.92. The minimum atomic E-state index is 0.791. The summed E-state index contributed by atoms with van der Waals surface area (Å²) in [5.74, 6) is 0. The quantitative estimate of drug-likeness (QED) is 0.684. The van der Waals surface area contributed by atoms with Gasteiger partial charge in [-0.15, -0.1) is 0 Å². The Bertz CT molecular complexity index is 235. The lowest BCUT2D eigenvalue weighted by Crippen LogP contribution is -1.78. The summed E-state index contributed by atoms with van der Waals surface area (Å²) in [6, 6.07) is 5.88. The maximum absolute atomic E-state index is 5.92. The summed E-state index contributed by atoms with van der Waals surface area (Å²) in [5.41, 5.74) is 1.11. The van der Waals surface area contributed by atoms with Gasteiger partial charge >= 0.3 is 0 Å². The molecule has 0 N–H and O–H groups in total. The Morgan fingerprint density at radius 3 is 2.60 bits per heavy atom. The highest BCUT2D eigenvalue weighted by Gasteiger charge is 2.00. The van der Waals surface area contributed by atoms with Gasteiger partial charge in [-0.3, -0.25) is 0 Å². The molecule has 0 atom stereocenters. The van der Waals surface area contributed by atoms with Crippen LogP contribution in [0.1, 0.15) is 5.56 Å². The van der Waals surface area contributed by atoms with Gasteiger partial charge in [-0.1, -0.05) is 39.7 Å². The van der Waals surface area contributed by atoms with E-state index in [0.717, 1.165) is 20.4 Å². The molecule has 1 aromatic carbocycles. The number of halogens is 3. The monoisotopic (exact) mass is 282 g/mol. The summed E-state index contributed by atoms with van der Waals surface area (Å²) >= 11 is 12.6. The summed E-state index contributed by atoms with van der Waals surface area (Å²) < 4.78 is 0.950. The van der Waals surface area contributed by atoms with Crippen LogP contribution in [0, 0.1) is 0 Å². The van der Waals surface area contributed by atoms with Crippen LogP contribution >= 0.6 is 43.5 Å². The van der Waals surface area contributed by atoms with Crippen molar-refractivity contribution in [1.29, 1.82) is 0 Å². The van der Waals surface area contributed by atoms with Crippen LogP contribution in [0.5, 0.6) is 0 Å². The molecule has 3 heteroatoms. The third-order valence-electron chi connectivity index (χ3n) is 1.18. The van der Waals surface area contributed by atoms with Crippen molar-refractivity contribution in [2.45, 2.75) is 5.33 Å². The second-order valence-corrected chi connectivity index (χ2v) is 3.64. The molecule has 0 aliphatic heterocycles. The van der Waals surface area contributed by atoms with Crippen LogP contribution in [0.25, 0.3) is 0 Å². The number of hydrogen-bond acceptors (Lipinski definition) is 0. The van der Waals surface area contributed by atoms with E-state index in [1.165, 1.54) is 0 Å². The van der Waals surface area contributed by atoms with Crippen molar-refractivity contribution in [1.82, 2.24) is 0 Å². The Kier molecular flexibility index (Phi) is 3.21. The normalized spacial score (nSPS) is 9.90. The van der Waals surface area contributed by atoms with Gasteiger partial charge in [0.05, 0.1) is 5.02 Å². The van der Waals surface area contributed by atoms with Gasteiger partial charge in [0.25, 0.3) is 0 Å². The molecule has 0 amide bonds. The van der Waals surface area contributed by atoms with Gasteiger partial charge in [0.15, 0.2) is 0 Å². The fraction of sp³-hybridized carbons (Fsp3) is 0.143. The van der Waals surface area contributed by atoms with Crippen LogP contribution in [0.2, 0.25) is 5.02 Å². The topological polar surface area (TPSA) is 0 Å². The lowest BCUT2D eigenvalue weighted by atomic mass is 10.2. The molecule has 0 spiro atoms. The maximum Gasteiger partial charge on any atom is 0.0588 e. The molecule has 1 aromatic rings. The predicted octanol–water partition coefficient (Wildman–Crippen LogP) is 4.00. The Hall–Kier alpha value is 0.470. The van der Waals surface area contributed by atoms with Crippen LogP contribution in [-0.2, 0) is 5.33 Å². The summed E-state index contributed by atoms with van der Waals surface area (Å²) in [7, 11) is 0. The first-order chi connectivity index (χ1) is 4.75. The summed E-state index contributed by atoms with van der Waals surface area (Å²) in [5, 5.41) is 1.59. The molecular weight excluding hydrogens is 279 g/mol. The van der Waals surface area contributed by atoms with Gasteiger partial charge in [-0.2, -0.15) is 0 Å². The van der Waals surface area contributed by atoms with E-state index < -0.39 is 0 Å². The molecule has 1 rings (SSSR count). The lowest BCUT2D eigenvalue weighted by molar-refractivity contribution is 1.42. The first-order valence-electron chi connectivity index (χ1n) is 2.74. The smallest absolute Gasteiger partial charge is 0.0588 e. The molecule has 0 heterocycles. The highest BCUT2D eigenvalue weighted by Crippen LogP contribution is 2.27. The predicted molar refractivity (Wildman–Crippen MR) is 51.8 cm³/mol. The van der Waals surface area contributed by atoms with Crippen molar-refractivity contribution < 1.29 is 0 Å². The van der Waals surface area contributed by atoms with Gasteiger partial charge in [0.1, 0.15) is 0 Å². The van der Waals surface area contributed by atoms with Gasteiger partial charge in [-0.25, -0.2) is 0 Å². The van der Waals surface area contributed by atoms with Crippen molar-refractivity contribution in [3.63, 3.8) is 0 Å². The van der Waals surface area contributed by atoms with E-state index in [1.54, 1.807) is 0 Å². The minimum absolute atomic E-state index is 0.791. The zero-order chi connectivity index (χ0) is 7.56. The minimum Gasteiger partial charge on any atom is -0.0876 e. The Labute approximate surface area is 81.8 Å². The third-order valence-corrected chi connectivity index (χ3v) is 3.12. The lowest BCUT2D eigenvalue weighted by Gasteiger charge is -1.99. The fourth-order valence-electron chi connectivity index (χ4n) is 0.652. The van der Waals surface area contributed by atoms with Crippen LogP contribution in [0.4, 0.5) is 0 Å². The molecule has 10 heavy (non-hydrogen) atoms. The number of alkyl halides is 1. The second-order valence-electron chi connectivity index (χ2n) is 1.85. The number of hydrogen-bond donors (Lipinski definition) is 0. The van der Waals surface area contributed by atoms with Crippen LogP contribution in [0.3, 0.4) is 0 Å². The molecule has 0 fully saturated rings. The zero-order valence-corrected chi connectivity index (χ0v) is 9.00. The van der Waals surface area contributed by atoms with Crippen LogP contribution < -0.4 is 0 Å². The van der Waals surface area contributed by atoms with Gasteiger partial charge < -0.3 is 0 Å². The van der Waals surface area contributed by atoms with Gasteiger partial charge in [0, 0.05) is 9.80 Å². The van der Waals surface area contributed by atoms with E-state index in [1.807, 2.05) is 18.2 Å². The number of rotatable bonds is 1. The summed E-state index contributed by atoms with van der Waals surface area (Å²) in [6.07, 6.45) is 0. The van der Waals surface area contributed by atoms with Crippen molar-refractivity contribution in [2.24, 2.45) is 0 Å². The van der Waals surface area contributed by atoms with E-state index in [2.05, 4.69) is 31.9 Å². The molecular formula is C7H5Br2Cl. The first-order valence-corrected chi connectivity index (χ1v) is 5.04. The highest BCUT2D eigenvalue weighted by molar-refractivity contribution is 9.10. The largest absolute Gasteiger partial charge is 0.0876 e. The van der Waals surface area contributed by atoms with E-state index in [-0.39, 0.29) is 0 Å². The van der Waals surface area contributed by atoms with Crippen molar-refractivity contribution >= 4 is 43.5 Å². The number of benzene rings is 1. The van der Waals surface area contributed by atoms with Crippen molar-refractivity contribution in [3.8, 4) is 0 Å². The second kappa shape index (κ2) is 3.74. The van der Waals surface area contributed by atoms with E-state index in [4.69, 9.17) is 11.6 Å². The third kappa shape index (κ3) is 1.74. The molecule has 0 aromatic heterocycles. The molecule has 0 bridgehead atoms. The van der Waals surface area contributed by atoms with Crippen LogP contribution in [0.15, 0.2) is 22.7 Å². The molecule has 0 aliphatic carbocycles. The molecule has 0 saturated carbocycles. The van der Waals surface area contributed by atoms with Gasteiger partial charge in [-0.05, 0) is 27.6 Å². The first kappa shape index (κ1) is 8.57. The van der Waals surface area contributed by atoms with E-state index in [9.17, 15) is 0 Å². The molecule has 0 unspecified atom stereocenters. The molecule has 54 valence electrons. The molecule has 0 saturated heterocycles. The Morgan fingerprint density at radius 2 is 2.10 bits per heavy atom. The summed E-state index contributed by atoms with van der Waals surface area (Å²) in [4.78, 5) is 0. The average Bonchev–Trinajstić information content (AvgIpc) is 1.95. The standard InChI is InChI=1S/C7H5Br2Cl/c8-4-5-2-1-3-6(9)7(5)10/h1-3H,4H2. The van der Waals surface area contributed by atoms with Crippen molar-refractivity contribution in [2.75, 3.05) is 0 Å². The van der Waals surface area contributed by atoms with Gasteiger partial charge in [0.2, 0.25) is 0 Å². The van der Waals surface area contributed by atoms with E-state index >= 15 is 0 Å². The molecule has 0 aliphatic rings. The van der Waals surface area contributed by atoms with E-state index in [0.29, 0.717) is 0 Å². The average molecular weight is 284 g/mol. The SMILES string of the molecule is Clc1c(Br)cccc1CBr. The van der Waals surface area contributed by atoms with Crippen LogP contribution in [-0.4, -0.2) is 0 Å². The molecule has 0 nitrogen and oxygen atoms in total. The Balaban J connectivity index is 3.14.